The van der Waals surface area contributed by atoms with Crippen molar-refractivity contribution in [1.82, 2.24) is 0 Å². The minimum absolute atomic E-state index is 0.190. The summed E-state index contributed by atoms with van der Waals surface area (Å²) in [4.78, 5) is 0. The molecule has 4 N–H and O–H groups in total. The highest BCUT2D eigenvalue weighted by molar-refractivity contribution is 5.39. The fourth-order valence-electron chi connectivity index (χ4n) is 2.02. The Morgan fingerprint density at radius 2 is 2.16 bits per heavy atom. The van der Waals surface area contributed by atoms with Crippen LogP contribution in [0.2, 0.25) is 0 Å². The van der Waals surface area contributed by atoms with Crippen molar-refractivity contribution in [2.45, 2.75) is 32.4 Å². The van der Waals surface area contributed by atoms with Crippen LogP contribution < -0.4 is 16.2 Å². The second-order valence-corrected chi connectivity index (χ2v) is 5.11. The van der Waals surface area contributed by atoms with Gasteiger partial charge in [-0.3, -0.25) is 0 Å². The summed E-state index contributed by atoms with van der Waals surface area (Å²) < 4.78 is 11.3. The lowest BCUT2D eigenvalue weighted by Crippen LogP contribution is -2.21. The third-order valence-corrected chi connectivity index (χ3v) is 3.35. The van der Waals surface area contributed by atoms with Gasteiger partial charge in [0.2, 0.25) is 0 Å². The molecule has 19 heavy (non-hydrogen) atoms. The summed E-state index contributed by atoms with van der Waals surface area (Å²) >= 11 is 0. The zero-order valence-corrected chi connectivity index (χ0v) is 11.6. The normalized spacial score (nSPS) is 16.4. The maximum atomic E-state index is 6.04. The van der Waals surface area contributed by atoms with E-state index >= 15 is 0 Å². The highest BCUT2D eigenvalue weighted by Crippen LogP contribution is 2.29. The van der Waals surface area contributed by atoms with Gasteiger partial charge in [-0.05, 0) is 43.4 Å². The molecule has 0 radical (unpaired) electrons. The molecule has 1 aromatic carbocycles. The van der Waals surface area contributed by atoms with Gasteiger partial charge in [0.05, 0.1) is 13.2 Å². The molecule has 0 spiro atoms. The van der Waals surface area contributed by atoms with Gasteiger partial charge in [-0.2, -0.15) is 0 Å². The SMILES string of the molecule is CCOc1ccc(COCC2CC2)cc1C(N)CN. The maximum Gasteiger partial charge on any atom is 0.124 e. The summed E-state index contributed by atoms with van der Waals surface area (Å²) in [5.74, 6) is 1.61. The molecule has 1 aliphatic carbocycles. The van der Waals surface area contributed by atoms with Crippen LogP contribution in [0.4, 0.5) is 0 Å². The molecule has 2 rings (SSSR count). The Labute approximate surface area is 115 Å². The fraction of sp³-hybridized carbons (Fsp3) is 0.600. The molecule has 1 aliphatic rings. The van der Waals surface area contributed by atoms with E-state index in [9.17, 15) is 0 Å². The minimum Gasteiger partial charge on any atom is -0.494 e. The molecule has 0 aliphatic heterocycles. The molecule has 1 atom stereocenters. The van der Waals surface area contributed by atoms with Crippen molar-refractivity contribution in [3.8, 4) is 5.75 Å². The van der Waals surface area contributed by atoms with E-state index in [1.165, 1.54) is 12.8 Å². The highest BCUT2D eigenvalue weighted by atomic mass is 16.5. The predicted molar refractivity (Wildman–Crippen MR) is 76.0 cm³/mol. The molecule has 1 aromatic rings. The van der Waals surface area contributed by atoms with Crippen LogP contribution in [0, 0.1) is 5.92 Å². The Bertz CT molecular complexity index is 405. The molecule has 0 amide bonds. The van der Waals surface area contributed by atoms with Crippen LogP contribution in [0.5, 0.6) is 5.75 Å². The lowest BCUT2D eigenvalue weighted by atomic mass is 10.0. The van der Waals surface area contributed by atoms with E-state index in [4.69, 9.17) is 20.9 Å². The van der Waals surface area contributed by atoms with E-state index in [0.717, 1.165) is 29.4 Å². The molecular formula is C15H24N2O2. The average Bonchev–Trinajstić information content (AvgIpc) is 3.24. The van der Waals surface area contributed by atoms with Crippen LogP contribution >= 0.6 is 0 Å². The summed E-state index contributed by atoms with van der Waals surface area (Å²) in [6, 6.07) is 5.86. The number of benzene rings is 1. The lowest BCUT2D eigenvalue weighted by Gasteiger charge is -2.16. The fourth-order valence-corrected chi connectivity index (χ4v) is 2.02. The first-order chi connectivity index (χ1) is 9.24. The summed E-state index contributed by atoms with van der Waals surface area (Å²) in [6.07, 6.45) is 2.62. The predicted octanol–water partition coefficient (Wildman–Crippen LogP) is 1.97. The van der Waals surface area contributed by atoms with E-state index in [0.29, 0.717) is 19.8 Å². The highest BCUT2D eigenvalue weighted by Gasteiger charge is 2.21. The van der Waals surface area contributed by atoms with Crippen molar-refractivity contribution in [3.05, 3.63) is 29.3 Å². The second-order valence-electron chi connectivity index (χ2n) is 5.11. The number of ether oxygens (including phenoxy) is 2. The summed E-state index contributed by atoms with van der Waals surface area (Å²) in [5.41, 5.74) is 13.8. The first-order valence-electron chi connectivity index (χ1n) is 7.03. The zero-order valence-electron chi connectivity index (χ0n) is 11.6. The quantitative estimate of drug-likeness (QED) is 0.753. The smallest absolute Gasteiger partial charge is 0.124 e. The lowest BCUT2D eigenvalue weighted by molar-refractivity contribution is 0.111. The number of rotatable bonds is 8. The number of nitrogens with two attached hydrogens (primary N) is 2. The van der Waals surface area contributed by atoms with Gasteiger partial charge in [0, 0.05) is 24.8 Å². The van der Waals surface area contributed by atoms with Crippen LogP contribution in [-0.4, -0.2) is 19.8 Å². The maximum absolute atomic E-state index is 6.04. The third-order valence-electron chi connectivity index (χ3n) is 3.35. The van der Waals surface area contributed by atoms with Crippen molar-refractivity contribution < 1.29 is 9.47 Å². The molecule has 4 heteroatoms. The van der Waals surface area contributed by atoms with Crippen LogP contribution in [0.3, 0.4) is 0 Å². The summed E-state index contributed by atoms with van der Waals surface area (Å²) in [7, 11) is 0. The third kappa shape index (κ3) is 4.20. The van der Waals surface area contributed by atoms with Crippen LogP contribution in [0.1, 0.15) is 36.9 Å². The minimum atomic E-state index is -0.190. The summed E-state index contributed by atoms with van der Waals surface area (Å²) in [6.45, 7) is 4.50. The monoisotopic (exact) mass is 264 g/mol. The second kappa shape index (κ2) is 6.89. The first-order valence-corrected chi connectivity index (χ1v) is 7.03. The largest absolute Gasteiger partial charge is 0.494 e. The van der Waals surface area contributed by atoms with E-state index in [2.05, 4.69) is 6.07 Å². The summed E-state index contributed by atoms with van der Waals surface area (Å²) in [5, 5.41) is 0. The van der Waals surface area contributed by atoms with Crippen molar-refractivity contribution >= 4 is 0 Å². The molecule has 1 saturated carbocycles. The standard InChI is InChI=1S/C15H24N2O2/c1-2-19-15-6-5-12(7-13(15)14(17)8-16)10-18-9-11-3-4-11/h5-7,11,14H,2-4,8-10,16-17H2,1H3. The Morgan fingerprint density at radius 3 is 2.79 bits per heavy atom. The Morgan fingerprint density at radius 1 is 1.37 bits per heavy atom. The molecule has 106 valence electrons. The first kappa shape index (κ1) is 14.3. The van der Waals surface area contributed by atoms with Crippen molar-refractivity contribution in [3.63, 3.8) is 0 Å². The molecular weight excluding hydrogens is 240 g/mol. The van der Waals surface area contributed by atoms with Crippen molar-refractivity contribution in [1.29, 1.82) is 0 Å². The Balaban J connectivity index is 2.02. The zero-order chi connectivity index (χ0) is 13.7. The van der Waals surface area contributed by atoms with Gasteiger partial charge in [0.15, 0.2) is 0 Å². The van der Waals surface area contributed by atoms with Crippen molar-refractivity contribution in [2.75, 3.05) is 19.8 Å². The van der Waals surface area contributed by atoms with Crippen LogP contribution in [-0.2, 0) is 11.3 Å². The van der Waals surface area contributed by atoms with E-state index in [1.807, 2.05) is 19.1 Å². The van der Waals surface area contributed by atoms with E-state index in [1.54, 1.807) is 0 Å². The molecule has 0 heterocycles. The van der Waals surface area contributed by atoms with Gasteiger partial charge in [-0.25, -0.2) is 0 Å². The number of hydrogen-bond acceptors (Lipinski definition) is 4. The van der Waals surface area contributed by atoms with Gasteiger partial charge in [0.25, 0.3) is 0 Å². The van der Waals surface area contributed by atoms with Gasteiger partial charge < -0.3 is 20.9 Å². The topological polar surface area (TPSA) is 70.5 Å². The molecule has 1 fully saturated rings. The Kier molecular flexibility index (Phi) is 5.19. The van der Waals surface area contributed by atoms with Gasteiger partial charge in [-0.1, -0.05) is 6.07 Å². The van der Waals surface area contributed by atoms with Crippen LogP contribution in [0.15, 0.2) is 18.2 Å². The molecule has 0 aromatic heterocycles. The Hall–Kier alpha value is -1.10. The average molecular weight is 264 g/mol. The molecule has 0 bridgehead atoms. The van der Waals surface area contributed by atoms with Crippen molar-refractivity contribution in [2.24, 2.45) is 17.4 Å². The van der Waals surface area contributed by atoms with Gasteiger partial charge in [-0.15, -0.1) is 0 Å². The number of hydrogen-bond donors (Lipinski definition) is 2. The van der Waals surface area contributed by atoms with E-state index < -0.39 is 0 Å². The molecule has 4 nitrogen and oxygen atoms in total. The van der Waals surface area contributed by atoms with Gasteiger partial charge in [0.1, 0.15) is 5.75 Å². The van der Waals surface area contributed by atoms with Gasteiger partial charge >= 0.3 is 0 Å². The van der Waals surface area contributed by atoms with Crippen LogP contribution in [0.25, 0.3) is 0 Å². The van der Waals surface area contributed by atoms with E-state index in [-0.39, 0.29) is 6.04 Å². The molecule has 1 unspecified atom stereocenters. The molecule has 0 saturated heterocycles.